The van der Waals surface area contributed by atoms with Crippen LogP contribution in [0.5, 0.6) is 0 Å². The number of anilines is 1. The van der Waals surface area contributed by atoms with Crippen LogP contribution in [-0.4, -0.2) is 9.55 Å². The summed E-state index contributed by atoms with van der Waals surface area (Å²) in [6.07, 6.45) is 1.69. The highest BCUT2D eigenvalue weighted by molar-refractivity contribution is 7.16. The number of nitrogens with zero attached hydrogens (tertiary/aromatic N) is 2. The Morgan fingerprint density at radius 3 is 3.05 bits per heavy atom. The summed E-state index contributed by atoms with van der Waals surface area (Å²) < 4.78 is 2.65. The molecule has 2 heterocycles. The van der Waals surface area contributed by atoms with Crippen molar-refractivity contribution in [2.75, 3.05) is 5.32 Å². The molecule has 102 valence electrons. The van der Waals surface area contributed by atoms with E-state index in [2.05, 4.69) is 10.3 Å². The summed E-state index contributed by atoms with van der Waals surface area (Å²) in [6, 6.07) is 9.57. The van der Waals surface area contributed by atoms with Crippen LogP contribution in [0.15, 0.2) is 41.3 Å². The minimum atomic E-state index is 0.0536. The van der Waals surface area contributed by atoms with E-state index in [1.165, 1.54) is 11.3 Å². The minimum Gasteiger partial charge on any atom is -0.365 e. The van der Waals surface area contributed by atoms with Gasteiger partial charge < -0.3 is 9.88 Å². The molecule has 0 aliphatic heterocycles. The first kappa shape index (κ1) is 13.1. The van der Waals surface area contributed by atoms with E-state index in [1.807, 2.05) is 18.2 Å². The molecule has 0 fully saturated rings. The molecule has 0 atom stereocenters. The third-order valence-electron chi connectivity index (χ3n) is 3.08. The molecule has 6 heteroatoms. The Balaban J connectivity index is 1.85. The molecule has 0 bridgehead atoms. The maximum absolute atomic E-state index is 11.6. The zero-order valence-corrected chi connectivity index (χ0v) is 12.3. The van der Waals surface area contributed by atoms with Crippen LogP contribution in [0.3, 0.4) is 0 Å². The molecule has 1 aromatic carbocycles. The van der Waals surface area contributed by atoms with Crippen LogP contribution in [0.1, 0.15) is 5.56 Å². The van der Waals surface area contributed by atoms with Gasteiger partial charge >= 0.3 is 4.87 Å². The summed E-state index contributed by atoms with van der Waals surface area (Å²) in [5, 5.41) is 3.79. The van der Waals surface area contributed by atoms with E-state index in [0.29, 0.717) is 17.4 Å². The normalized spacial score (nSPS) is 10.9. The quantitative estimate of drug-likeness (QED) is 0.808. The number of rotatable bonds is 3. The van der Waals surface area contributed by atoms with Crippen LogP contribution in [-0.2, 0) is 13.6 Å². The third-order valence-corrected chi connectivity index (χ3v) is 4.38. The fourth-order valence-corrected chi connectivity index (χ4v) is 3.12. The standard InChI is InChI=1S/C14H12ClN3OS/c1-18-11-5-4-9(7-12(11)20-14(18)19)8-17-13-10(15)3-2-6-16-13/h2-7H,8H2,1H3,(H,16,17). The molecule has 4 nitrogen and oxygen atoms in total. The SMILES string of the molecule is Cn1c(=O)sc2cc(CNc3ncccc3Cl)ccc21. The van der Waals surface area contributed by atoms with Gasteiger partial charge in [0.15, 0.2) is 0 Å². The zero-order chi connectivity index (χ0) is 14.1. The molecule has 0 saturated carbocycles. The van der Waals surface area contributed by atoms with Crippen LogP contribution in [0, 0.1) is 0 Å². The Labute approximate surface area is 124 Å². The first-order valence-electron chi connectivity index (χ1n) is 6.08. The van der Waals surface area contributed by atoms with Crippen molar-refractivity contribution in [1.29, 1.82) is 0 Å². The lowest BCUT2D eigenvalue weighted by atomic mass is 10.2. The predicted molar refractivity (Wildman–Crippen MR) is 83.6 cm³/mol. The summed E-state index contributed by atoms with van der Waals surface area (Å²) in [5.74, 6) is 0.663. The topological polar surface area (TPSA) is 46.9 Å². The number of thiazole rings is 1. The Morgan fingerprint density at radius 1 is 1.40 bits per heavy atom. The lowest BCUT2D eigenvalue weighted by molar-refractivity contribution is 0.938. The van der Waals surface area contributed by atoms with Crippen LogP contribution in [0.4, 0.5) is 5.82 Å². The first-order valence-corrected chi connectivity index (χ1v) is 7.27. The maximum atomic E-state index is 11.6. The molecule has 0 aliphatic rings. The summed E-state index contributed by atoms with van der Waals surface area (Å²) in [6.45, 7) is 0.614. The minimum absolute atomic E-state index is 0.0536. The van der Waals surface area contributed by atoms with Gasteiger partial charge in [-0.25, -0.2) is 4.98 Å². The highest BCUT2D eigenvalue weighted by Crippen LogP contribution is 2.21. The number of halogens is 1. The number of hydrogen-bond donors (Lipinski definition) is 1. The molecule has 3 aromatic rings. The van der Waals surface area contributed by atoms with Crippen molar-refractivity contribution in [3.8, 4) is 0 Å². The lowest BCUT2D eigenvalue weighted by Crippen LogP contribution is -2.06. The van der Waals surface area contributed by atoms with Crippen molar-refractivity contribution in [1.82, 2.24) is 9.55 Å². The Hall–Kier alpha value is -1.85. The van der Waals surface area contributed by atoms with E-state index >= 15 is 0 Å². The molecular weight excluding hydrogens is 294 g/mol. The summed E-state index contributed by atoms with van der Waals surface area (Å²) in [7, 11) is 1.78. The van der Waals surface area contributed by atoms with E-state index in [0.717, 1.165) is 15.8 Å². The summed E-state index contributed by atoms with van der Waals surface area (Å²) in [5.41, 5.74) is 2.04. The van der Waals surface area contributed by atoms with Gasteiger partial charge in [0.05, 0.1) is 15.2 Å². The van der Waals surface area contributed by atoms with E-state index in [9.17, 15) is 4.79 Å². The fraction of sp³-hybridized carbons (Fsp3) is 0.143. The molecule has 0 spiro atoms. The monoisotopic (exact) mass is 305 g/mol. The van der Waals surface area contributed by atoms with Gasteiger partial charge in [-0.3, -0.25) is 4.79 Å². The van der Waals surface area contributed by atoms with Crippen molar-refractivity contribution < 1.29 is 0 Å². The van der Waals surface area contributed by atoms with E-state index in [-0.39, 0.29) is 4.87 Å². The molecule has 20 heavy (non-hydrogen) atoms. The van der Waals surface area contributed by atoms with Gasteiger partial charge in [0.1, 0.15) is 5.82 Å². The molecule has 0 amide bonds. The molecule has 0 aliphatic carbocycles. The van der Waals surface area contributed by atoms with Crippen LogP contribution >= 0.6 is 22.9 Å². The van der Waals surface area contributed by atoms with Crippen LogP contribution < -0.4 is 10.2 Å². The van der Waals surface area contributed by atoms with Gasteiger partial charge in [-0.2, -0.15) is 0 Å². The Kier molecular flexibility index (Phi) is 3.46. The van der Waals surface area contributed by atoms with Crippen molar-refractivity contribution in [3.63, 3.8) is 0 Å². The molecule has 2 aromatic heterocycles. The molecule has 0 saturated heterocycles. The summed E-state index contributed by atoms with van der Waals surface area (Å²) >= 11 is 7.30. The first-order chi connectivity index (χ1) is 9.65. The highest BCUT2D eigenvalue weighted by atomic mass is 35.5. The van der Waals surface area contributed by atoms with E-state index in [4.69, 9.17) is 11.6 Å². The van der Waals surface area contributed by atoms with E-state index in [1.54, 1.807) is 29.9 Å². The number of fused-ring (bicyclic) bond motifs is 1. The number of nitrogens with one attached hydrogen (secondary N) is 1. The average Bonchev–Trinajstić information content (AvgIpc) is 2.73. The highest BCUT2D eigenvalue weighted by Gasteiger charge is 2.05. The van der Waals surface area contributed by atoms with Gasteiger partial charge in [-0.05, 0) is 29.8 Å². The van der Waals surface area contributed by atoms with Gasteiger partial charge in [0, 0.05) is 19.8 Å². The second kappa shape index (κ2) is 5.26. The summed E-state index contributed by atoms with van der Waals surface area (Å²) in [4.78, 5) is 15.8. The molecular formula is C14H12ClN3OS. The van der Waals surface area contributed by atoms with Crippen molar-refractivity contribution in [2.24, 2.45) is 7.05 Å². The van der Waals surface area contributed by atoms with Gasteiger partial charge in [0.25, 0.3) is 0 Å². The van der Waals surface area contributed by atoms with Gasteiger partial charge in [-0.15, -0.1) is 0 Å². The second-order valence-corrected chi connectivity index (χ2v) is 5.82. The van der Waals surface area contributed by atoms with E-state index < -0.39 is 0 Å². The number of hydrogen-bond acceptors (Lipinski definition) is 4. The van der Waals surface area contributed by atoms with Crippen molar-refractivity contribution in [3.05, 3.63) is 56.8 Å². The molecule has 3 rings (SSSR count). The largest absolute Gasteiger partial charge is 0.365 e. The smallest absolute Gasteiger partial charge is 0.307 e. The van der Waals surface area contributed by atoms with Crippen LogP contribution in [0.2, 0.25) is 5.02 Å². The predicted octanol–water partition coefficient (Wildman–Crippen LogP) is 3.26. The Morgan fingerprint density at radius 2 is 2.25 bits per heavy atom. The maximum Gasteiger partial charge on any atom is 0.307 e. The van der Waals surface area contributed by atoms with Crippen molar-refractivity contribution in [2.45, 2.75) is 6.54 Å². The van der Waals surface area contributed by atoms with Gasteiger partial charge in [-0.1, -0.05) is 29.0 Å². The molecule has 0 unspecified atom stereocenters. The average molecular weight is 306 g/mol. The number of pyridine rings is 1. The van der Waals surface area contributed by atoms with Crippen molar-refractivity contribution >= 4 is 39.0 Å². The molecule has 0 radical (unpaired) electrons. The van der Waals surface area contributed by atoms with Gasteiger partial charge in [0.2, 0.25) is 0 Å². The Bertz CT molecular complexity index is 825. The fourth-order valence-electron chi connectivity index (χ4n) is 1.99. The number of aryl methyl sites for hydroxylation is 1. The molecule has 1 N–H and O–H groups in total. The third kappa shape index (κ3) is 2.42. The number of benzene rings is 1. The number of aromatic nitrogens is 2. The van der Waals surface area contributed by atoms with Crippen LogP contribution in [0.25, 0.3) is 10.2 Å². The second-order valence-electron chi connectivity index (χ2n) is 4.42. The zero-order valence-electron chi connectivity index (χ0n) is 10.8. The lowest BCUT2D eigenvalue weighted by Gasteiger charge is -2.07.